The van der Waals surface area contributed by atoms with Crippen LogP contribution >= 0.6 is 11.8 Å². The third-order valence-electron chi connectivity index (χ3n) is 5.52. The molecule has 1 atom stereocenters. The predicted octanol–water partition coefficient (Wildman–Crippen LogP) is 6.94. The molecule has 0 spiro atoms. The van der Waals surface area contributed by atoms with Gasteiger partial charge in [-0.15, -0.1) is 11.8 Å². The van der Waals surface area contributed by atoms with Crippen LogP contribution in [0.3, 0.4) is 0 Å². The summed E-state index contributed by atoms with van der Waals surface area (Å²) in [5.74, 6) is -0.536. The van der Waals surface area contributed by atoms with E-state index >= 15 is 0 Å². The van der Waals surface area contributed by atoms with Gasteiger partial charge < -0.3 is 10.6 Å². The Balaban J connectivity index is 1.53. The van der Waals surface area contributed by atoms with Gasteiger partial charge in [-0.1, -0.05) is 42.5 Å². The van der Waals surface area contributed by atoms with Gasteiger partial charge in [-0.25, -0.2) is 0 Å². The molecule has 0 aliphatic carbocycles. The molecular formula is C29H25N3O4S. The normalized spacial score (nSPS) is 11.4. The fraction of sp³-hybridized carbons (Fsp3) is 0.103. The van der Waals surface area contributed by atoms with E-state index in [0.29, 0.717) is 11.3 Å². The molecule has 2 amide bonds. The van der Waals surface area contributed by atoms with Gasteiger partial charge in [0.15, 0.2) is 0 Å². The second-order valence-electron chi connectivity index (χ2n) is 8.56. The minimum atomic E-state index is -0.525. The number of carbonyl (C=O) groups excluding carboxylic acids is 2. The molecule has 8 heteroatoms. The highest BCUT2D eigenvalue weighted by atomic mass is 32.2. The number of hydrogen-bond donors (Lipinski definition) is 2. The van der Waals surface area contributed by atoms with Crippen LogP contribution in [0.15, 0.2) is 102 Å². The lowest BCUT2D eigenvalue weighted by Crippen LogP contribution is -2.19. The van der Waals surface area contributed by atoms with Gasteiger partial charge in [0.2, 0.25) is 5.91 Å². The van der Waals surface area contributed by atoms with Gasteiger partial charge in [0.25, 0.3) is 11.6 Å². The molecule has 37 heavy (non-hydrogen) atoms. The number of benzene rings is 4. The number of nitrogens with one attached hydrogen (secondary N) is 2. The Labute approximate surface area is 219 Å². The first-order chi connectivity index (χ1) is 17.8. The lowest BCUT2D eigenvalue weighted by Gasteiger charge is -2.18. The van der Waals surface area contributed by atoms with E-state index in [2.05, 4.69) is 16.7 Å². The van der Waals surface area contributed by atoms with Crippen molar-refractivity contribution in [3.05, 3.63) is 129 Å². The summed E-state index contributed by atoms with van der Waals surface area (Å²) in [4.78, 5) is 37.2. The van der Waals surface area contributed by atoms with E-state index in [1.54, 1.807) is 18.2 Å². The average Bonchev–Trinajstić information content (AvgIpc) is 2.87. The van der Waals surface area contributed by atoms with Crippen LogP contribution in [0.25, 0.3) is 0 Å². The first-order valence-electron chi connectivity index (χ1n) is 11.5. The van der Waals surface area contributed by atoms with Crippen LogP contribution in [-0.4, -0.2) is 16.7 Å². The topological polar surface area (TPSA) is 101 Å². The summed E-state index contributed by atoms with van der Waals surface area (Å²) in [6.07, 6.45) is 0. The number of amides is 2. The lowest BCUT2D eigenvalue weighted by atomic mass is 10.1. The van der Waals surface area contributed by atoms with E-state index in [0.717, 1.165) is 27.3 Å². The van der Waals surface area contributed by atoms with Crippen molar-refractivity contribution in [2.45, 2.75) is 24.0 Å². The average molecular weight is 512 g/mol. The Kier molecular flexibility index (Phi) is 8.00. The third-order valence-corrected chi connectivity index (χ3v) is 6.76. The van der Waals surface area contributed by atoms with Gasteiger partial charge in [0.1, 0.15) is 5.25 Å². The van der Waals surface area contributed by atoms with Gasteiger partial charge in [-0.2, -0.15) is 0 Å². The Morgan fingerprint density at radius 2 is 1.46 bits per heavy atom. The number of thioether (sulfide) groups is 1. The van der Waals surface area contributed by atoms with E-state index in [1.807, 2.05) is 62.4 Å². The minimum absolute atomic E-state index is 0.0824. The minimum Gasteiger partial charge on any atom is -0.325 e. The highest BCUT2D eigenvalue weighted by molar-refractivity contribution is 8.00. The van der Waals surface area contributed by atoms with Crippen molar-refractivity contribution in [3.8, 4) is 0 Å². The van der Waals surface area contributed by atoms with Crippen molar-refractivity contribution < 1.29 is 14.5 Å². The maximum Gasteiger partial charge on any atom is 0.269 e. The number of nitrogens with zero attached hydrogens (tertiary/aromatic N) is 1. The SMILES string of the molecule is Cc1cc(C)cc(NC(=O)C(Sc2cccc(NC(=O)c3ccc([N+](=O)[O-])cc3)c2)c2ccccc2)c1. The van der Waals surface area contributed by atoms with E-state index in [4.69, 9.17) is 0 Å². The fourth-order valence-corrected chi connectivity index (χ4v) is 4.96. The number of non-ortho nitro benzene ring substituents is 1. The van der Waals surface area contributed by atoms with Crippen molar-refractivity contribution in [3.63, 3.8) is 0 Å². The summed E-state index contributed by atoms with van der Waals surface area (Å²) in [6.45, 7) is 3.98. The zero-order chi connectivity index (χ0) is 26.4. The number of anilines is 2. The summed E-state index contributed by atoms with van der Waals surface area (Å²) in [5.41, 5.74) is 4.50. The van der Waals surface area contributed by atoms with Gasteiger partial charge >= 0.3 is 0 Å². The summed E-state index contributed by atoms with van der Waals surface area (Å²) >= 11 is 1.38. The molecule has 0 saturated heterocycles. The van der Waals surface area contributed by atoms with Crippen molar-refractivity contribution in [2.75, 3.05) is 10.6 Å². The third kappa shape index (κ3) is 6.83. The predicted molar refractivity (Wildman–Crippen MR) is 147 cm³/mol. The molecule has 2 N–H and O–H groups in total. The van der Waals surface area contributed by atoms with E-state index < -0.39 is 10.2 Å². The van der Waals surface area contributed by atoms with E-state index in [-0.39, 0.29) is 17.5 Å². The second kappa shape index (κ2) is 11.5. The molecule has 0 aliphatic rings. The molecular weight excluding hydrogens is 486 g/mol. The molecule has 1 unspecified atom stereocenters. The Morgan fingerprint density at radius 1 is 0.784 bits per heavy atom. The number of hydrogen-bond acceptors (Lipinski definition) is 5. The summed E-state index contributed by atoms with van der Waals surface area (Å²) in [7, 11) is 0. The number of rotatable bonds is 8. The van der Waals surface area contributed by atoms with Crippen LogP contribution in [0.2, 0.25) is 0 Å². The monoisotopic (exact) mass is 511 g/mol. The lowest BCUT2D eigenvalue weighted by molar-refractivity contribution is -0.384. The van der Waals surface area contributed by atoms with Crippen molar-refractivity contribution in [1.82, 2.24) is 0 Å². The zero-order valence-electron chi connectivity index (χ0n) is 20.3. The molecule has 0 fully saturated rings. The number of nitro benzene ring substituents is 1. The molecule has 7 nitrogen and oxygen atoms in total. The zero-order valence-corrected chi connectivity index (χ0v) is 21.1. The molecule has 0 aliphatic heterocycles. The largest absolute Gasteiger partial charge is 0.325 e. The Hall–Kier alpha value is -4.43. The van der Waals surface area contributed by atoms with Gasteiger partial charge in [-0.3, -0.25) is 19.7 Å². The number of nitro groups is 1. The molecule has 0 heterocycles. The van der Waals surface area contributed by atoms with E-state index in [9.17, 15) is 19.7 Å². The van der Waals surface area contributed by atoms with Crippen molar-refractivity contribution >= 4 is 40.6 Å². The first kappa shape index (κ1) is 25.7. The second-order valence-corrected chi connectivity index (χ2v) is 9.74. The van der Waals surface area contributed by atoms with Gasteiger partial charge in [0.05, 0.1) is 4.92 Å². The van der Waals surface area contributed by atoms with Crippen LogP contribution in [0.1, 0.15) is 32.3 Å². The highest BCUT2D eigenvalue weighted by Gasteiger charge is 2.23. The highest BCUT2D eigenvalue weighted by Crippen LogP contribution is 2.37. The smallest absolute Gasteiger partial charge is 0.269 e. The summed E-state index contributed by atoms with van der Waals surface area (Å²) in [6, 6.07) is 28.1. The van der Waals surface area contributed by atoms with Crippen LogP contribution in [0.4, 0.5) is 17.1 Å². The molecule has 4 aromatic rings. The molecule has 186 valence electrons. The number of carbonyl (C=O) groups is 2. The standard InChI is InChI=1S/C29H25N3O4S/c1-19-15-20(2)17-24(16-19)31-29(34)27(21-7-4-3-5-8-21)37-26-10-6-9-23(18-26)30-28(33)22-11-13-25(14-12-22)32(35)36/h3-18,27H,1-2H3,(H,30,33)(H,31,34). The number of aryl methyl sites for hydroxylation is 2. The summed E-state index contributed by atoms with van der Waals surface area (Å²) < 4.78 is 0. The van der Waals surface area contributed by atoms with Crippen molar-refractivity contribution in [2.24, 2.45) is 0 Å². The van der Waals surface area contributed by atoms with Crippen LogP contribution in [0.5, 0.6) is 0 Å². The molecule has 0 aromatic heterocycles. The molecule has 0 saturated carbocycles. The van der Waals surface area contributed by atoms with Crippen LogP contribution in [-0.2, 0) is 4.79 Å². The maximum absolute atomic E-state index is 13.4. The Bertz CT molecular complexity index is 1420. The molecule has 4 rings (SSSR count). The fourth-order valence-electron chi connectivity index (χ4n) is 3.88. The van der Waals surface area contributed by atoms with Gasteiger partial charge in [-0.05, 0) is 73.0 Å². The van der Waals surface area contributed by atoms with Crippen LogP contribution < -0.4 is 10.6 Å². The maximum atomic E-state index is 13.4. The molecule has 4 aromatic carbocycles. The van der Waals surface area contributed by atoms with Crippen molar-refractivity contribution in [1.29, 1.82) is 0 Å². The first-order valence-corrected chi connectivity index (χ1v) is 12.4. The quantitative estimate of drug-likeness (QED) is 0.152. The Morgan fingerprint density at radius 3 is 2.11 bits per heavy atom. The van der Waals surface area contributed by atoms with Gasteiger partial charge in [0, 0.05) is 34.0 Å². The van der Waals surface area contributed by atoms with E-state index in [1.165, 1.54) is 36.0 Å². The van der Waals surface area contributed by atoms with Crippen LogP contribution in [0, 0.1) is 24.0 Å². The summed E-state index contributed by atoms with van der Waals surface area (Å²) in [5, 5.41) is 16.2. The molecule has 0 bridgehead atoms. The molecule has 0 radical (unpaired) electrons.